The molecule has 0 fully saturated rings. The lowest BCUT2D eigenvalue weighted by Crippen LogP contribution is -1.84. The van der Waals surface area contributed by atoms with Crippen LogP contribution in [0.1, 0.15) is 0 Å². The summed E-state index contributed by atoms with van der Waals surface area (Å²) >= 11 is 6.01. The fraction of sp³-hybridized carbons (Fsp3) is 0. The van der Waals surface area contributed by atoms with Crippen LogP contribution in [-0.2, 0) is 0 Å². The second-order valence-corrected chi connectivity index (χ2v) is 4.62. The van der Waals surface area contributed by atoms with Crippen molar-refractivity contribution in [1.82, 2.24) is 15.0 Å². The molecule has 0 aliphatic carbocycles. The second-order valence-electron chi connectivity index (χ2n) is 4.22. The molecule has 4 heteroatoms. The Hall–Kier alpha value is -2.13. The first kappa shape index (κ1) is 9.85. The Morgan fingerprint density at radius 2 is 1.83 bits per heavy atom. The molecule has 0 amide bonds. The zero-order valence-electron chi connectivity index (χ0n) is 9.31. The van der Waals surface area contributed by atoms with Gasteiger partial charge in [-0.1, -0.05) is 29.8 Å². The number of para-hydroxylation sites is 1. The summed E-state index contributed by atoms with van der Waals surface area (Å²) < 4.78 is 0. The lowest BCUT2D eigenvalue weighted by atomic mass is 10.2. The minimum absolute atomic E-state index is 0.587. The van der Waals surface area contributed by atoms with E-state index in [1.165, 1.54) is 0 Å². The van der Waals surface area contributed by atoms with Gasteiger partial charge in [0.25, 0.3) is 0 Å². The third-order valence-electron chi connectivity index (χ3n) is 3.14. The third kappa shape index (κ3) is 1.25. The van der Waals surface area contributed by atoms with Crippen LogP contribution >= 0.6 is 11.6 Å². The molecule has 86 valence electrons. The predicted molar refractivity (Wildman–Crippen MR) is 73.9 cm³/mol. The van der Waals surface area contributed by atoms with E-state index in [1.54, 1.807) is 6.07 Å². The van der Waals surface area contributed by atoms with Gasteiger partial charge in [-0.15, -0.1) is 0 Å². The van der Waals surface area contributed by atoms with Crippen molar-refractivity contribution >= 4 is 44.4 Å². The van der Waals surface area contributed by atoms with Crippen LogP contribution in [0.2, 0.25) is 5.15 Å². The molecule has 1 aromatic carbocycles. The van der Waals surface area contributed by atoms with Crippen molar-refractivity contribution in [3.63, 3.8) is 0 Å². The van der Waals surface area contributed by atoms with Crippen molar-refractivity contribution < 1.29 is 0 Å². The molecule has 3 heterocycles. The highest BCUT2D eigenvalue weighted by Gasteiger charge is 2.09. The van der Waals surface area contributed by atoms with Crippen LogP contribution in [0.4, 0.5) is 0 Å². The van der Waals surface area contributed by atoms with Gasteiger partial charge in [-0.3, -0.25) is 4.98 Å². The van der Waals surface area contributed by atoms with Gasteiger partial charge in [0.05, 0.1) is 22.1 Å². The number of pyridine rings is 2. The normalized spacial score (nSPS) is 11.6. The van der Waals surface area contributed by atoms with E-state index < -0.39 is 0 Å². The summed E-state index contributed by atoms with van der Waals surface area (Å²) in [5.74, 6) is 0. The molecule has 0 saturated heterocycles. The van der Waals surface area contributed by atoms with Gasteiger partial charge in [-0.2, -0.15) is 0 Å². The molecule has 0 saturated carbocycles. The van der Waals surface area contributed by atoms with Crippen LogP contribution < -0.4 is 0 Å². The van der Waals surface area contributed by atoms with E-state index in [-0.39, 0.29) is 0 Å². The van der Waals surface area contributed by atoms with Crippen molar-refractivity contribution in [1.29, 1.82) is 0 Å². The average molecular weight is 254 g/mol. The van der Waals surface area contributed by atoms with E-state index in [9.17, 15) is 0 Å². The highest BCUT2D eigenvalue weighted by atomic mass is 35.5. The van der Waals surface area contributed by atoms with Crippen molar-refractivity contribution in [2.45, 2.75) is 0 Å². The molecule has 3 nitrogen and oxygen atoms in total. The summed E-state index contributed by atoms with van der Waals surface area (Å²) in [6.45, 7) is 0. The highest BCUT2D eigenvalue weighted by Crippen LogP contribution is 2.29. The molecular formula is C14H8ClN3. The molecule has 4 rings (SSSR count). The van der Waals surface area contributed by atoms with Gasteiger partial charge in [-0.05, 0) is 18.2 Å². The Morgan fingerprint density at radius 3 is 2.78 bits per heavy atom. The SMILES string of the molecule is Clc1ccc2ncc3c4ccccc4nc3c2[nH]1. The predicted octanol–water partition coefficient (Wildman–Crippen LogP) is 3.92. The fourth-order valence-corrected chi connectivity index (χ4v) is 2.47. The van der Waals surface area contributed by atoms with E-state index in [2.05, 4.69) is 21.0 Å². The van der Waals surface area contributed by atoms with E-state index in [0.717, 1.165) is 32.8 Å². The van der Waals surface area contributed by atoms with Gasteiger partial charge < -0.3 is 4.98 Å². The van der Waals surface area contributed by atoms with Crippen LogP contribution in [0.15, 0.2) is 42.6 Å². The maximum Gasteiger partial charge on any atom is 0.106 e. The first-order chi connectivity index (χ1) is 8.83. The number of hydrogen-bond donors (Lipinski definition) is 1. The number of H-pyrrole nitrogens is 1. The number of aromatic nitrogens is 3. The Morgan fingerprint density at radius 1 is 0.944 bits per heavy atom. The van der Waals surface area contributed by atoms with Gasteiger partial charge in [0, 0.05) is 17.0 Å². The summed E-state index contributed by atoms with van der Waals surface area (Å²) in [7, 11) is 0. The van der Waals surface area contributed by atoms with Crippen molar-refractivity contribution in [2.75, 3.05) is 0 Å². The van der Waals surface area contributed by atoms with E-state index in [4.69, 9.17) is 11.6 Å². The van der Waals surface area contributed by atoms with Gasteiger partial charge >= 0.3 is 0 Å². The van der Waals surface area contributed by atoms with Crippen LogP contribution in [0.5, 0.6) is 0 Å². The summed E-state index contributed by atoms with van der Waals surface area (Å²) in [5, 5.41) is 2.76. The summed E-state index contributed by atoms with van der Waals surface area (Å²) in [5.41, 5.74) is 3.66. The second kappa shape index (κ2) is 3.43. The number of benzene rings is 1. The molecule has 0 aliphatic rings. The molecule has 1 N–H and O–H groups in total. The lowest BCUT2D eigenvalue weighted by molar-refractivity contribution is 1.35. The molecule has 0 aliphatic heterocycles. The number of rotatable bonds is 0. The van der Waals surface area contributed by atoms with Gasteiger partial charge in [0.15, 0.2) is 0 Å². The number of nitrogens with zero attached hydrogens (tertiary/aromatic N) is 2. The zero-order chi connectivity index (χ0) is 12.1. The number of hydrogen-bond acceptors (Lipinski definition) is 2. The summed E-state index contributed by atoms with van der Waals surface area (Å²) in [4.78, 5) is 12.2. The van der Waals surface area contributed by atoms with Crippen LogP contribution in [0.3, 0.4) is 0 Å². The van der Waals surface area contributed by atoms with E-state index >= 15 is 0 Å². The number of aromatic amines is 1. The first-order valence-electron chi connectivity index (χ1n) is 5.64. The van der Waals surface area contributed by atoms with Crippen LogP contribution in [0.25, 0.3) is 32.8 Å². The number of nitrogens with one attached hydrogen (secondary N) is 1. The average Bonchev–Trinajstić information content (AvgIpc) is 2.78. The van der Waals surface area contributed by atoms with E-state index in [1.807, 2.05) is 30.5 Å². The third-order valence-corrected chi connectivity index (χ3v) is 3.36. The minimum atomic E-state index is 0.587. The van der Waals surface area contributed by atoms with Crippen LogP contribution in [0, 0.1) is 0 Å². The monoisotopic (exact) mass is 253 g/mol. The minimum Gasteiger partial charge on any atom is -0.343 e. The zero-order valence-corrected chi connectivity index (χ0v) is 10.1. The first-order valence-corrected chi connectivity index (χ1v) is 6.02. The molecule has 4 aromatic rings. The Bertz CT molecular complexity index is 895. The highest BCUT2D eigenvalue weighted by molar-refractivity contribution is 6.30. The Kier molecular flexibility index (Phi) is 1.88. The Balaban J connectivity index is 2.31. The standard InChI is InChI=1S/C14H8ClN3/c15-12-6-5-11-14(18-12)13-9(7-16-11)8-3-1-2-4-10(8)17-13/h1-7,18H. The molecule has 18 heavy (non-hydrogen) atoms. The van der Waals surface area contributed by atoms with Crippen molar-refractivity contribution in [3.05, 3.63) is 47.7 Å². The molecule has 3 aromatic heterocycles. The maximum absolute atomic E-state index is 6.01. The number of halogens is 1. The number of fused-ring (bicyclic) bond motifs is 5. The fourth-order valence-electron chi connectivity index (χ4n) is 2.31. The summed E-state index contributed by atoms with van der Waals surface area (Å²) in [6.07, 6.45) is 1.87. The Labute approximate surface area is 107 Å². The summed E-state index contributed by atoms with van der Waals surface area (Å²) in [6, 6.07) is 11.8. The molecule has 0 unspecified atom stereocenters. The van der Waals surface area contributed by atoms with Crippen molar-refractivity contribution in [3.8, 4) is 0 Å². The van der Waals surface area contributed by atoms with Gasteiger partial charge in [0.2, 0.25) is 0 Å². The molecule has 0 radical (unpaired) electrons. The van der Waals surface area contributed by atoms with E-state index in [0.29, 0.717) is 5.15 Å². The smallest absolute Gasteiger partial charge is 0.106 e. The molecule has 0 spiro atoms. The molecule has 0 atom stereocenters. The molecule has 0 bridgehead atoms. The van der Waals surface area contributed by atoms with Gasteiger partial charge in [-0.25, -0.2) is 4.98 Å². The lowest BCUT2D eigenvalue weighted by Gasteiger charge is -1.99. The van der Waals surface area contributed by atoms with Gasteiger partial charge in [0.1, 0.15) is 5.15 Å². The van der Waals surface area contributed by atoms with Crippen molar-refractivity contribution in [2.24, 2.45) is 0 Å². The van der Waals surface area contributed by atoms with Crippen LogP contribution in [-0.4, -0.2) is 15.0 Å². The molecular weight excluding hydrogens is 246 g/mol. The quantitative estimate of drug-likeness (QED) is 0.483. The maximum atomic E-state index is 6.01. The topological polar surface area (TPSA) is 41.6 Å². The largest absolute Gasteiger partial charge is 0.343 e.